The van der Waals surface area contributed by atoms with Crippen molar-refractivity contribution in [2.24, 2.45) is 0 Å². The Labute approximate surface area is 121 Å². The third kappa shape index (κ3) is 3.43. The van der Waals surface area contributed by atoms with Crippen LogP contribution in [0, 0.1) is 5.82 Å². The van der Waals surface area contributed by atoms with Crippen LogP contribution >= 0.6 is 11.3 Å². The molecular formula is C15H16FNO2S. The molecule has 0 fully saturated rings. The number of aryl methyl sites for hydroxylation is 1. The number of benzene rings is 1. The molecule has 0 radical (unpaired) electrons. The van der Waals surface area contributed by atoms with Crippen molar-refractivity contribution in [3.63, 3.8) is 0 Å². The van der Waals surface area contributed by atoms with Gasteiger partial charge in [0.05, 0.1) is 5.56 Å². The largest absolute Gasteiger partial charge is 0.478 e. The standard InChI is InChI=1S/C15H16FNO2S/c1-2-10-5-6-20-14(10)9-17-8-12-7-11(15(18)19)3-4-13(12)16/h3-7,17H,2,8-9H2,1H3,(H,18,19). The summed E-state index contributed by atoms with van der Waals surface area (Å²) in [6, 6.07) is 5.94. The number of aromatic carboxylic acids is 1. The van der Waals surface area contributed by atoms with E-state index < -0.39 is 5.97 Å². The highest BCUT2D eigenvalue weighted by Gasteiger charge is 2.08. The van der Waals surface area contributed by atoms with E-state index in [0.717, 1.165) is 6.42 Å². The number of hydrogen-bond donors (Lipinski definition) is 2. The molecule has 1 aromatic heterocycles. The summed E-state index contributed by atoms with van der Waals surface area (Å²) in [5, 5.41) is 14.1. The highest BCUT2D eigenvalue weighted by atomic mass is 32.1. The average Bonchev–Trinajstić information content (AvgIpc) is 2.88. The predicted molar refractivity (Wildman–Crippen MR) is 77.6 cm³/mol. The number of hydrogen-bond acceptors (Lipinski definition) is 3. The molecular weight excluding hydrogens is 277 g/mol. The fourth-order valence-corrected chi connectivity index (χ4v) is 2.94. The van der Waals surface area contributed by atoms with E-state index in [2.05, 4.69) is 18.3 Å². The van der Waals surface area contributed by atoms with Crippen molar-refractivity contribution in [2.75, 3.05) is 0 Å². The summed E-state index contributed by atoms with van der Waals surface area (Å²) in [6.07, 6.45) is 0.976. The molecule has 0 aliphatic carbocycles. The van der Waals surface area contributed by atoms with Crippen LogP contribution in [0.15, 0.2) is 29.6 Å². The Morgan fingerprint density at radius 3 is 2.80 bits per heavy atom. The molecule has 2 N–H and O–H groups in total. The van der Waals surface area contributed by atoms with Crippen LogP contribution in [0.5, 0.6) is 0 Å². The SMILES string of the molecule is CCc1ccsc1CNCc1cc(C(=O)O)ccc1F. The average molecular weight is 293 g/mol. The molecule has 0 saturated heterocycles. The first-order valence-electron chi connectivity index (χ1n) is 6.39. The van der Waals surface area contributed by atoms with Gasteiger partial charge >= 0.3 is 5.97 Å². The molecule has 5 heteroatoms. The van der Waals surface area contributed by atoms with E-state index in [1.807, 2.05) is 5.38 Å². The maximum absolute atomic E-state index is 13.6. The second-order valence-corrected chi connectivity index (χ2v) is 5.44. The summed E-state index contributed by atoms with van der Waals surface area (Å²) in [5.74, 6) is -1.43. The summed E-state index contributed by atoms with van der Waals surface area (Å²) in [6.45, 7) is 3.08. The summed E-state index contributed by atoms with van der Waals surface area (Å²) >= 11 is 1.67. The van der Waals surface area contributed by atoms with Crippen LogP contribution in [-0.2, 0) is 19.5 Å². The van der Waals surface area contributed by atoms with Gasteiger partial charge in [0, 0.05) is 23.5 Å². The Balaban J connectivity index is 2.00. The lowest BCUT2D eigenvalue weighted by Gasteiger charge is -2.07. The van der Waals surface area contributed by atoms with Crippen LogP contribution in [0.4, 0.5) is 4.39 Å². The molecule has 0 spiro atoms. The molecule has 1 heterocycles. The zero-order valence-corrected chi connectivity index (χ0v) is 12.0. The van der Waals surface area contributed by atoms with Gasteiger partial charge in [-0.2, -0.15) is 0 Å². The maximum Gasteiger partial charge on any atom is 0.335 e. The number of rotatable bonds is 6. The lowest BCUT2D eigenvalue weighted by atomic mass is 10.1. The molecule has 2 rings (SSSR count). The zero-order valence-electron chi connectivity index (χ0n) is 11.1. The smallest absolute Gasteiger partial charge is 0.335 e. The fraction of sp³-hybridized carbons (Fsp3) is 0.267. The first-order chi connectivity index (χ1) is 9.61. The van der Waals surface area contributed by atoms with Crippen molar-refractivity contribution in [1.82, 2.24) is 5.32 Å². The Morgan fingerprint density at radius 1 is 1.30 bits per heavy atom. The van der Waals surface area contributed by atoms with Crippen LogP contribution in [0.25, 0.3) is 0 Å². The van der Waals surface area contributed by atoms with E-state index in [1.165, 1.54) is 28.6 Å². The van der Waals surface area contributed by atoms with E-state index >= 15 is 0 Å². The third-order valence-electron chi connectivity index (χ3n) is 3.11. The first kappa shape index (κ1) is 14.7. The van der Waals surface area contributed by atoms with Crippen molar-refractivity contribution in [2.45, 2.75) is 26.4 Å². The Kier molecular flexibility index (Phi) is 4.87. The van der Waals surface area contributed by atoms with Crippen molar-refractivity contribution in [3.8, 4) is 0 Å². The number of carbonyl (C=O) groups is 1. The Hall–Kier alpha value is -1.72. The van der Waals surface area contributed by atoms with Gasteiger partial charge < -0.3 is 10.4 Å². The van der Waals surface area contributed by atoms with Gasteiger partial charge in [0.2, 0.25) is 0 Å². The minimum Gasteiger partial charge on any atom is -0.478 e. The number of carboxylic acids is 1. The number of thiophene rings is 1. The molecule has 106 valence electrons. The quantitative estimate of drug-likeness (QED) is 0.858. The molecule has 0 unspecified atom stereocenters. The third-order valence-corrected chi connectivity index (χ3v) is 4.08. The van der Waals surface area contributed by atoms with Gasteiger partial charge in [-0.1, -0.05) is 6.92 Å². The molecule has 0 aliphatic heterocycles. The van der Waals surface area contributed by atoms with Crippen LogP contribution < -0.4 is 5.32 Å². The van der Waals surface area contributed by atoms with E-state index in [0.29, 0.717) is 18.7 Å². The van der Waals surface area contributed by atoms with E-state index in [-0.39, 0.29) is 11.4 Å². The Bertz CT molecular complexity index is 610. The summed E-state index contributed by atoms with van der Waals surface area (Å²) < 4.78 is 13.6. The molecule has 2 aromatic rings. The maximum atomic E-state index is 13.6. The van der Waals surface area contributed by atoms with Crippen molar-refractivity contribution in [3.05, 3.63) is 57.0 Å². The van der Waals surface area contributed by atoms with Crippen molar-refractivity contribution >= 4 is 17.3 Å². The summed E-state index contributed by atoms with van der Waals surface area (Å²) in [4.78, 5) is 12.1. The van der Waals surface area contributed by atoms with Crippen molar-refractivity contribution < 1.29 is 14.3 Å². The van der Waals surface area contributed by atoms with Gasteiger partial charge in [-0.15, -0.1) is 11.3 Å². The number of halogens is 1. The normalized spacial score (nSPS) is 10.7. The second kappa shape index (κ2) is 6.63. The van der Waals surface area contributed by atoms with Crippen LogP contribution in [0.3, 0.4) is 0 Å². The van der Waals surface area contributed by atoms with E-state index in [1.54, 1.807) is 11.3 Å². The molecule has 0 atom stereocenters. The van der Waals surface area contributed by atoms with E-state index in [9.17, 15) is 9.18 Å². The summed E-state index contributed by atoms with van der Waals surface area (Å²) in [7, 11) is 0. The van der Waals surface area contributed by atoms with Gasteiger partial charge in [-0.3, -0.25) is 0 Å². The van der Waals surface area contributed by atoms with Crippen molar-refractivity contribution in [1.29, 1.82) is 0 Å². The molecule has 0 saturated carbocycles. The highest BCUT2D eigenvalue weighted by Crippen LogP contribution is 2.17. The molecule has 3 nitrogen and oxygen atoms in total. The monoisotopic (exact) mass is 293 g/mol. The van der Waals surface area contributed by atoms with Crippen LogP contribution in [0.2, 0.25) is 0 Å². The second-order valence-electron chi connectivity index (χ2n) is 4.44. The molecule has 0 amide bonds. The van der Waals surface area contributed by atoms with Gasteiger partial charge in [0.25, 0.3) is 0 Å². The predicted octanol–water partition coefficient (Wildman–Crippen LogP) is 3.44. The minimum absolute atomic E-state index is 0.105. The van der Waals surface area contributed by atoms with Crippen LogP contribution in [0.1, 0.15) is 33.3 Å². The molecule has 0 aliphatic rings. The van der Waals surface area contributed by atoms with Gasteiger partial charge in [-0.05, 0) is 41.6 Å². The number of nitrogens with one attached hydrogen (secondary N) is 1. The van der Waals surface area contributed by atoms with Crippen LogP contribution in [-0.4, -0.2) is 11.1 Å². The molecule has 1 aromatic carbocycles. The lowest BCUT2D eigenvalue weighted by molar-refractivity contribution is 0.0696. The topological polar surface area (TPSA) is 49.3 Å². The van der Waals surface area contributed by atoms with E-state index in [4.69, 9.17) is 5.11 Å². The highest BCUT2D eigenvalue weighted by molar-refractivity contribution is 7.10. The first-order valence-corrected chi connectivity index (χ1v) is 7.27. The minimum atomic E-state index is -1.04. The molecule has 0 bridgehead atoms. The van der Waals surface area contributed by atoms with Gasteiger partial charge in [-0.25, -0.2) is 9.18 Å². The fourth-order valence-electron chi connectivity index (χ4n) is 1.99. The zero-order chi connectivity index (χ0) is 14.5. The van der Waals surface area contributed by atoms with Gasteiger partial charge in [0.15, 0.2) is 0 Å². The summed E-state index contributed by atoms with van der Waals surface area (Å²) in [5.41, 5.74) is 1.77. The van der Waals surface area contributed by atoms with Gasteiger partial charge in [0.1, 0.15) is 5.82 Å². The Morgan fingerprint density at radius 2 is 2.10 bits per heavy atom. The molecule has 20 heavy (non-hydrogen) atoms. The lowest BCUT2D eigenvalue weighted by Crippen LogP contribution is -2.14. The number of carboxylic acid groups (broad SMARTS) is 1.